The Morgan fingerprint density at radius 1 is 0.903 bits per heavy atom. The van der Waals surface area contributed by atoms with Crippen molar-refractivity contribution in [1.29, 1.82) is 0 Å². The van der Waals surface area contributed by atoms with E-state index in [1.807, 2.05) is 12.2 Å². The lowest BCUT2D eigenvalue weighted by atomic mass is 10.1. The van der Waals surface area contributed by atoms with Crippen molar-refractivity contribution >= 4 is 17.7 Å². The molecule has 0 saturated heterocycles. The molecule has 0 aliphatic carbocycles. The molecule has 0 saturated carbocycles. The van der Waals surface area contributed by atoms with Crippen LogP contribution in [0.3, 0.4) is 0 Å². The van der Waals surface area contributed by atoms with E-state index in [-0.39, 0.29) is 25.2 Å². The van der Waals surface area contributed by atoms with Gasteiger partial charge < -0.3 is 14.6 Å². The maximum atomic E-state index is 11.8. The molecule has 1 atom stereocenters. The average molecular weight is 435 g/mol. The summed E-state index contributed by atoms with van der Waals surface area (Å²) in [7, 11) is 0. The van der Waals surface area contributed by atoms with E-state index >= 15 is 0 Å². The van der Waals surface area contributed by atoms with Gasteiger partial charge in [0.25, 0.3) is 0 Å². The van der Waals surface area contributed by atoms with Gasteiger partial charge in [-0.2, -0.15) is 0 Å². The van der Waals surface area contributed by atoms with Crippen molar-refractivity contribution in [2.24, 2.45) is 0 Å². The number of hydrogen-bond acceptors (Lipinski definition) is 6. The highest BCUT2D eigenvalue weighted by atomic mass is 16.6. The molecule has 0 aliphatic heterocycles. The van der Waals surface area contributed by atoms with E-state index in [4.69, 9.17) is 14.6 Å². The van der Waals surface area contributed by atoms with Gasteiger partial charge in [0.15, 0.2) is 11.9 Å². The highest BCUT2D eigenvalue weighted by Crippen LogP contribution is 2.04. The number of carbonyl (C=O) groups excluding carboxylic acids is 3. The van der Waals surface area contributed by atoms with E-state index in [1.165, 1.54) is 32.3 Å². The summed E-state index contributed by atoms with van der Waals surface area (Å²) in [4.78, 5) is 34.2. The molecule has 1 N–H and O–H groups in total. The van der Waals surface area contributed by atoms with E-state index in [1.54, 1.807) is 6.08 Å². The van der Waals surface area contributed by atoms with E-state index in [9.17, 15) is 14.4 Å². The highest BCUT2D eigenvalue weighted by Gasteiger charge is 2.15. The van der Waals surface area contributed by atoms with Crippen molar-refractivity contribution in [2.75, 3.05) is 13.2 Å². The van der Waals surface area contributed by atoms with Gasteiger partial charge in [-0.15, -0.1) is 0 Å². The fourth-order valence-corrected chi connectivity index (χ4v) is 2.47. The Kier molecular flexibility index (Phi) is 19.1. The molecule has 0 fully saturated rings. The van der Waals surface area contributed by atoms with Crippen LogP contribution in [-0.2, 0) is 23.9 Å². The van der Waals surface area contributed by atoms with Crippen LogP contribution >= 0.6 is 0 Å². The maximum Gasteiger partial charge on any atom is 0.306 e. The molecule has 0 bridgehead atoms. The molecule has 174 valence electrons. The van der Waals surface area contributed by atoms with Crippen molar-refractivity contribution < 1.29 is 29.0 Å². The standard InChI is InChI=1S/C25H38O6/c1-3-4-5-6-7-8-9-10-11-12-13-14-15-17-23(28)18-16-19-25(29)31-24(20-26)21-30-22(2)27/h7-8,10-11,13-15,17,24,26H,3-6,9,12,16,18-21H2,1-2H3/b8-7-,11-10-,14-13-,17-15+/t24-/m0/s1. The smallest absolute Gasteiger partial charge is 0.306 e. The topological polar surface area (TPSA) is 89.9 Å². The second-order valence-corrected chi connectivity index (χ2v) is 7.11. The first-order chi connectivity index (χ1) is 15.0. The molecule has 6 heteroatoms. The lowest BCUT2D eigenvalue weighted by Gasteiger charge is -2.14. The third kappa shape index (κ3) is 20.6. The Hall–Kier alpha value is -2.47. The minimum atomic E-state index is -0.881. The van der Waals surface area contributed by atoms with Gasteiger partial charge >= 0.3 is 11.9 Å². The highest BCUT2D eigenvalue weighted by molar-refractivity contribution is 5.90. The molecule has 0 radical (unpaired) electrons. The van der Waals surface area contributed by atoms with Crippen molar-refractivity contribution in [3.05, 3.63) is 48.6 Å². The second kappa shape index (κ2) is 20.8. The molecule has 0 aliphatic rings. The zero-order valence-corrected chi connectivity index (χ0v) is 19.0. The van der Waals surface area contributed by atoms with Gasteiger partial charge in [-0.3, -0.25) is 14.4 Å². The van der Waals surface area contributed by atoms with Crippen LogP contribution in [0.4, 0.5) is 0 Å². The Labute approximate surface area is 186 Å². The molecule has 6 nitrogen and oxygen atoms in total. The summed E-state index contributed by atoms with van der Waals surface area (Å²) in [5, 5.41) is 9.10. The number of unbranched alkanes of at least 4 members (excludes halogenated alkanes) is 3. The predicted molar refractivity (Wildman–Crippen MR) is 122 cm³/mol. The Balaban J connectivity index is 3.86. The first-order valence-corrected chi connectivity index (χ1v) is 11.1. The zero-order valence-electron chi connectivity index (χ0n) is 19.0. The van der Waals surface area contributed by atoms with Crippen LogP contribution in [0.5, 0.6) is 0 Å². The van der Waals surface area contributed by atoms with Crippen molar-refractivity contribution in [3.63, 3.8) is 0 Å². The molecule has 0 aromatic carbocycles. The lowest BCUT2D eigenvalue weighted by Crippen LogP contribution is -2.28. The third-order valence-electron chi connectivity index (χ3n) is 4.16. The first kappa shape index (κ1) is 28.5. The SMILES string of the molecule is CCCCC/C=C\C/C=C\C/C=C\C=C\C(=O)CCCC(=O)O[C@@H](CO)COC(C)=O. The maximum absolute atomic E-state index is 11.8. The van der Waals surface area contributed by atoms with Crippen LogP contribution in [0.25, 0.3) is 0 Å². The van der Waals surface area contributed by atoms with Crippen LogP contribution in [0.2, 0.25) is 0 Å². The number of allylic oxidation sites excluding steroid dienone is 8. The van der Waals surface area contributed by atoms with Crippen LogP contribution in [0, 0.1) is 0 Å². The van der Waals surface area contributed by atoms with E-state index < -0.39 is 24.6 Å². The molecule has 0 heterocycles. The molecular weight excluding hydrogens is 396 g/mol. The molecule has 0 aromatic heterocycles. The van der Waals surface area contributed by atoms with Crippen molar-refractivity contribution in [1.82, 2.24) is 0 Å². The van der Waals surface area contributed by atoms with Crippen molar-refractivity contribution in [2.45, 2.75) is 77.7 Å². The monoisotopic (exact) mass is 434 g/mol. The molecule has 0 amide bonds. The molecule has 0 spiro atoms. The summed E-state index contributed by atoms with van der Waals surface area (Å²) >= 11 is 0. The third-order valence-corrected chi connectivity index (χ3v) is 4.16. The summed E-state index contributed by atoms with van der Waals surface area (Å²) in [6.07, 6.45) is 22.1. The van der Waals surface area contributed by atoms with Crippen LogP contribution in [0.1, 0.15) is 71.6 Å². The number of rotatable bonds is 18. The summed E-state index contributed by atoms with van der Waals surface area (Å²) in [5.74, 6) is -1.12. The zero-order chi connectivity index (χ0) is 23.2. The fourth-order valence-electron chi connectivity index (χ4n) is 2.47. The van der Waals surface area contributed by atoms with E-state index in [0.29, 0.717) is 6.42 Å². The largest absolute Gasteiger partial charge is 0.462 e. The summed E-state index contributed by atoms with van der Waals surface area (Å²) in [5.41, 5.74) is 0. The molecule has 0 rings (SSSR count). The second-order valence-electron chi connectivity index (χ2n) is 7.11. The quantitative estimate of drug-likeness (QED) is 0.110. The molecule has 31 heavy (non-hydrogen) atoms. The first-order valence-electron chi connectivity index (χ1n) is 11.1. The van der Waals surface area contributed by atoms with Gasteiger partial charge in [0, 0.05) is 19.8 Å². The number of aliphatic hydroxyl groups is 1. The fraction of sp³-hybridized carbons (Fsp3) is 0.560. The predicted octanol–water partition coefficient (Wildman–Crippen LogP) is 4.78. The van der Waals surface area contributed by atoms with Gasteiger partial charge in [-0.05, 0) is 38.2 Å². The molecular formula is C25H38O6. The number of esters is 2. The molecule has 0 unspecified atom stereocenters. The van der Waals surface area contributed by atoms with Gasteiger partial charge in [0.05, 0.1) is 6.61 Å². The average Bonchev–Trinajstić information content (AvgIpc) is 2.74. The molecule has 0 aromatic rings. The number of aliphatic hydroxyl groups excluding tert-OH is 1. The number of carbonyl (C=O) groups is 3. The number of hydrogen-bond donors (Lipinski definition) is 1. The van der Waals surface area contributed by atoms with Gasteiger partial charge in [0.1, 0.15) is 6.61 Å². The Morgan fingerprint density at radius 3 is 2.29 bits per heavy atom. The van der Waals surface area contributed by atoms with E-state index in [2.05, 4.69) is 31.2 Å². The van der Waals surface area contributed by atoms with Crippen LogP contribution < -0.4 is 0 Å². The number of ether oxygens (including phenoxy) is 2. The van der Waals surface area contributed by atoms with Gasteiger partial charge in [-0.1, -0.05) is 62.3 Å². The van der Waals surface area contributed by atoms with E-state index in [0.717, 1.165) is 19.3 Å². The normalized spacial score (nSPS) is 12.9. The van der Waals surface area contributed by atoms with Crippen molar-refractivity contribution in [3.8, 4) is 0 Å². The lowest BCUT2D eigenvalue weighted by molar-refractivity contribution is -0.160. The van der Waals surface area contributed by atoms with Crippen LogP contribution in [0.15, 0.2) is 48.6 Å². The Morgan fingerprint density at radius 2 is 1.61 bits per heavy atom. The summed E-state index contributed by atoms with van der Waals surface area (Å²) in [6, 6.07) is 0. The Bertz CT molecular complexity index is 616. The van der Waals surface area contributed by atoms with Gasteiger partial charge in [-0.25, -0.2) is 0 Å². The number of ketones is 1. The minimum Gasteiger partial charge on any atom is -0.462 e. The van der Waals surface area contributed by atoms with Crippen LogP contribution in [-0.4, -0.2) is 42.1 Å². The summed E-state index contributed by atoms with van der Waals surface area (Å²) in [6.45, 7) is 2.82. The van der Waals surface area contributed by atoms with Gasteiger partial charge in [0.2, 0.25) is 0 Å². The summed E-state index contributed by atoms with van der Waals surface area (Å²) < 4.78 is 9.70. The minimum absolute atomic E-state index is 0.0594.